The van der Waals surface area contributed by atoms with Crippen molar-refractivity contribution < 1.29 is 14.0 Å². The standard InChI is InChI=1S/C15H22N2O3/c1-2-5-15(6-10-19-11-7-15)14-16-13(17-20-14)12-3-8-18-9-4-12/h2,12H,1,3-11H2. The first-order valence-electron chi connectivity index (χ1n) is 7.44. The predicted molar refractivity (Wildman–Crippen MR) is 73.6 cm³/mol. The summed E-state index contributed by atoms with van der Waals surface area (Å²) in [5.74, 6) is 1.99. The minimum Gasteiger partial charge on any atom is -0.381 e. The van der Waals surface area contributed by atoms with Gasteiger partial charge >= 0.3 is 0 Å². The van der Waals surface area contributed by atoms with Gasteiger partial charge in [-0.25, -0.2) is 0 Å². The summed E-state index contributed by atoms with van der Waals surface area (Å²) in [7, 11) is 0. The second-order valence-corrected chi connectivity index (χ2v) is 5.73. The molecule has 0 aromatic carbocycles. The summed E-state index contributed by atoms with van der Waals surface area (Å²) in [6.45, 7) is 6.96. The van der Waals surface area contributed by atoms with E-state index < -0.39 is 0 Å². The van der Waals surface area contributed by atoms with Crippen molar-refractivity contribution in [1.29, 1.82) is 0 Å². The van der Waals surface area contributed by atoms with Gasteiger partial charge in [0.2, 0.25) is 5.89 Å². The summed E-state index contributed by atoms with van der Waals surface area (Å²) in [6, 6.07) is 0. The van der Waals surface area contributed by atoms with Gasteiger partial charge in [0, 0.05) is 32.3 Å². The highest BCUT2D eigenvalue weighted by atomic mass is 16.5. The molecule has 20 heavy (non-hydrogen) atoms. The lowest BCUT2D eigenvalue weighted by Crippen LogP contribution is -2.33. The van der Waals surface area contributed by atoms with E-state index in [1.165, 1.54) is 0 Å². The Bertz CT molecular complexity index is 446. The van der Waals surface area contributed by atoms with E-state index in [1.807, 2.05) is 6.08 Å². The van der Waals surface area contributed by atoms with Crippen LogP contribution in [0.5, 0.6) is 0 Å². The molecule has 2 fully saturated rings. The van der Waals surface area contributed by atoms with Crippen LogP contribution in [0.1, 0.15) is 49.7 Å². The largest absolute Gasteiger partial charge is 0.381 e. The van der Waals surface area contributed by atoms with Crippen molar-refractivity contribution in [3.63, 3.8) is 0 Å². The average molecular weight is 278 g/mol. The molecule has 0 bridgehead atoms. The van der Waals surface area contributed by atoms with Gasteiger partial charge in [0.05, 0.1) is 5.41 Å². The number of nitrogens with zero attached hydrogens (tertiary/aromatic N) is 2. The molecule has 110 valence electrons. The molecule has 0 saturated carbocycles. The zero-order valence-electron chi connectivity index (χ0n) is 11.8. The molecule has 2 saturated heterocycles. The third-order valence-electron chi connectivity index (χ3n) is 4.47. The lowest BCUT2D eigenvalue weighted by molar-refractivity contribution is 0.0386. The average Bonchev–Trinajstić information content (AvgIpc) is 3.00. The smallest absolute Gasteiger partial charge is 0.233 e. The molecule has 2 aliphatic heterocycles. The molecular formula is C15H22N2O3. The van der Waals surface area contributed by atoms with Crippen molar-refractivity contribution >= 4 is 0 Å². The SMILES string of the molecule is C=CCC1(c2nc(C3CCOCC3)no2)CCOCC1. The molecule has 0 N–H and O–H groups in total. The highest BCUT2D eigenvalue weighted by Gasteiger charge is 2.39. The first kappa shape index (κ1) is 13.8. The number of rotatable bonds is 4. The molecule has 0 spiro atoms. The Morgan fingerprint density at radius 2 is 1.85 bits per heavy atom. The van der Waals surface area contributed by atoms with Crippen LogP contribution in [-0.2, 0) is 14.9 Å². The lowest BCUT2D eigenvalue weighted by Gasteiger charge is -2.32. The van der Waals surface area contributed by atoms with E-state index in [0.717, 1.165) is 70.2 Å². The van der Waals surface area contributed by atoms with E-state index in [2.05, 4.69) is 11.7 Å². The number of allylic oxidation sites excluding steroid dienone is 1. The molecule has 0 amide bonds. The third kappa shape index (κ3) is 2.65. The number of ether oxygens (including phenoxy) is 2. The van der Waals surface area contributed by atoms with Gasteiger partial charge in [-0.2, -0.15) is 4.98 Å². The second kappa shape index (κ2) is 6.06. The van der Waals surface area contributed by atoms with Gasteiger partial charge in [-0.3, -0.25) is 0 Å². The van der Waals surface area contributed by atoms with E-state index in [0.29, 0.717) is 5.92 Å². The van der Waals surface area contributed by atoms with Crippen LogP contribution in [0.2, 0.25) is 0 Å². The lowest BCUT2D eigenvalue weighted by atomic mass is 9.77. The zero-order valence-corrected chi connectivity index (χ0v) is 11.8. The van der Waals surface area contributed by atoms with Gasteiger partial charge in [0.1, 0.15) is 0 Å². The van der Waals surface area contributed by atoms with Gasteiger partial charge in [0.15, 0.2) is 5.82 Å². The van der Waals surface area contributed by atoms with Crippen LogP contribution in [0.3, 0.4) is 0 Å². The normalized spacial score (nSPS) is 23.6. The zero-order chi connectivity index (χ0) is 13.8. The Labute approximate surface area is 119 Å². The van der Waals surface area contributed by atoms with Crippen molar-refractivity contribution in [2.24, 2.45) is 0 Å². The summed E-state index contributed by atoms with van der Waals surface area (Å²) < 4.78 is 16.5. The predicted octanol–water partition coefficient (Wildman–Crippen LogP) is 2.59. The fourth-order valence-electron chi connectivity index (χ4n) is 3.12. The highest BCUT2D eigenvalue weighted by Crippen LogP contribution is 2.38. The minimum atomic E-state index is -0.0730. The number of aromatic nitrogens is 2. The molecule has 0 unspecified atom stereocenters. The number of hydrogen-bond donors (Lipinski definition) is 0. The Morgan fingerprint density at radius 1 is 1.15 bits per heavy atom. The van der Waals surface area contributed by atoms with Crippen molar-refractivity contribution in [3.8, 4) is 0 Å². The van der Waals surface area contributed by atoms with Crippen LogP contribution in [0.4, 0.5) is 0 Å². The summed E-state index contributed by atoms with van der Waals surface area (Å²) in [4.78, 5) is 4.71. The third-order valence-corrected chi connectivity index (χ3v) is 4.47. The van der Waals surface area contributed by atoms with Crippen LogP contribution in [-0.4, -0.2) is 36.6 Å². The molecule has 0 atom stereocenters. The number of hydrogen-bond acceptors (Lipinski definition) is 5. The summed E-state index contributed by atoms with van der Waals surface area (Å²) in [6.07, 6.45) is 6.63. The van der Waals surface area contributed by atoms with E-state index in [4.69, 9.17) is 19.0 Å². The summed E-state index contributed by atoms with van der Waals surface area (Å²) >= 11 is 0. The molecule has 3 heterocycles. The molecule has 2 aliphatic rings. The van der Waals surface area contributed by atoms with E-state index in [9.17, 15) is 0 Å². The van der Waals surface area contributed by atoms with Crippen LogP contribution in [0.15, 0.2) is 17.2 Å². The topological polar surface area (TPSA) is 57.4 Å². The molecule has 1 aromatic heterocycles. The van der Waals surface area contributed by atoms with Gasteiger partial charge in [-0.05, 0) is 32.1 Å². The molecule has 5 nitrogen and oxygen atoms in total. The first-order chi connectivity index (χ1) is 9.84. The van der Waals surface area contributed by atoms with E-state index in [-0.39, 0.29) is 5.41 Å². The Hall–Kier alpha value is -1.20. The molecular weight excluding hydrogens is 256 g/mol. The second-order valence-electron chi connectivity index (χ2n) is 5.73. The van der Waals surface area contributed by atoms with Crippen molar-refractivity contribution in [3.05, 3.63) is 24.4 Å². The van der Waals surface area contributed by atoms with E-state index >= 15 is 0 Å². The summed E-state index contributed by atoms with van der Waals surface area (Å²) in [5.41, 5.74) is -0.0730. The molecule has 0 aliphatic carbocycles. The van der Waals surface area contributed by atoms with Crippen LogP contribution in [0.25, 0.3) is 0 Å². The van der Waals surface area contributed by atoms with Crippen LogP contribution >= 0.6 is 0 Å². The molecule has 5 heteroatoms. The highest BCUT2D eigenvalue weighted by molar-refractivity contribution is 5.11. The van der Waals surface area contributed by atoms with Gasteiger partial charge in [-0.15, -0.1) is 6.58 Å². The maximum atomic E-state index is 5.61. The maximum Gasteiger partial charge on any atom is 0.233 e. The van der Waals surface area contributed by atoms with Crippen molar-refractivity contribution in [2.45, 2.75) is 43.4 Å². The Balaban J connectivity index is 1.80. The van der Waals surface area contributed by atoms with Crippen LogP contribution < -0.4 is 0 Å². The quantitative estimate of drug-likeness (QED) is 0.792. The van der Waals surface area contributed by atoms with Crippen LogP contribution in [0, 0.1) is 0 Å². The first-order valence-corrected chi connectivity index (χ1v) is 7.44. The van der Waals surface area contributed by atoms with Crippen molar-refractivity contribution in [2.75, 3.05) is 26.4 Å². The Morgan fingerprint density at radius 3 is 2.55 bits per heavy atom. The van der Waals surface area contributed by atoms with Gasteiger partial charge < -0.3 is 14.0 Å². The molecule has 0 radical (unpaired) electrons. The monoisotopic (exact) mass is 278 g/mol. The Kier molecular flexibility index (Phi) is 4.17. The minimum absolute atomic E-state index is 0.0730. The fraction of sp³-hybridized carbons (Fsp3) is 0.733. The van der Waals surface area contributed by atoms with Crippen molar-refractivity contribution in [1.82, 2.24) is 10.1 Å². The summed E-state index contributed by atoms with van der Waals surface area (Å²) in [5, 5.41) is 4.23. The maximum absolute atomic E-state index is 5.61. The molecule has 1 aromatic rings. The van der Waals surface area contributed by atoms with Gasteiger partial charge in [0.25, 0.3) is 0 Å². The molecule has 3 rings (SSSR count). The van der Waals surface area contributed by atoms with E-state index in [1.54, 1.807) is 0 Å². The fourth-order valence-corrected chi connectivity index (χ4v) is 3.12. The van der Waals surface area contributed by atoms with Gasteiger partial charge in [-0.1, -0.05) is 11.2 Å².